The van der Waals surface area contributed by atoms with Gasteiger partial charge >= 0.3 is 33.3 Å². The Morgan fingerprint density at radius 3 is 1.10 bits per heavy atom. The summed E-state index contributed by atoms with van der Waals surface area (Å²) in [6.07, 6.45) is 6.05. The van der Waals surface area contributed by atoms with Gasteiger partial charge in [-0.2, -0.15) is 15.3 Å². The van der Waals surface area contributed by atoms with Crippen LogP contribution >= 0.6 is 20.2 Å². The maximum atomic E-state index is 4.84. The maximum absolute atomic E-state index is 4.84. The molecule has 0 radical (unpaired) electrons. The second-order valence-corrected chi connectivity index (χ2v) is 9.99. The van der Waals surface area contributed by atoms with E-state index in [1.54, 1.807) is 0 Å². The third-order valence-electron chi connectivity index (χ3n) is 4.91. The molecule has 0 amide bonds. The van der Waals surface area contributed by atoms with Crippen LogP contribution in [0.5, 0.6) is 0 Å². The van der Waals surface area contributed by atoms with Crippen molar-refractivity contribution >= 4 is 20.2 Å². The minimum absolute atomic E-state index is 0.00694. The van der Waals surface area contributed by atoms with Crippen molar-refractivity contribution in [1.82, 2.24) is 29.3 Å². The van der Waals surface area contributed by atoms with Crippen LogP contribution in [0.3, 0.4) is 0 Å². The second-order valence-electron chi connectivity index (χ2n) is 8.04. The Bertz CT molecular complexity index is 784. The van der Waals surface area contributed by atoms with Gasteiger partial charge in [0.15, 0.2) is 0 Å². The summed E-state index contributed by atoms with van der Waals surface area (Å²) in [7, 11) is 9.59. The fourth-order valence-electron chi connectivity index (χ4n) is 2.96. The Hall–Kier alpha value is -1.27. The van der Waals surface area contributed by atoms with Gasteiger partial charge in [0.05, 0.1) is 17.1 Å². The van der Waals surface area contributed by atoms with Crippen molar-refractivity contribution in [2.24, 2.45) is 0 Å². The first-order valence-electron chi connectivity index (χ1n) is 9.70. The van der Waals surface area contributed by atoms with Gasteiger partial charge in [0.1, 0.15) is 0 Å². The fraction of sp³-hybridized carbons (Fsp3) is 0.550. The van der Waals surface area contributed by atoms with Crippen molar-refractivity contribution in [2.45, 2.75) is 72.0 Å². The molecule has 0 saturated carbocycles. The van der Waals surface area contributed by atoms with E-state index in [1.807, 2.05) is 32.6 Å². The van der Waals surface area contributed by atoms with E-state index in [2.05, 4.69) is 66.7 Å². The molecule has 0 N–H and O–H groups in total. The molecule has 6 nitrogen and oxygen atoms in total. The van der Waals surface area contributed by atoms with E-state index in [-0.39, 0.29) is 13.1 Å². The SMILES string of the molecule is CC(C)c1ccn(C(C)(n2ccc(C(C)C)n2)n2ccc(C(C)C)n2)n1.[Cl][Mn][Cl]. The van der Waals surface area contributed by atoms with E-state index in [4.69, 9.17) is 35.5 Å². The quantitative estimate of drug-likeness (QED) is 0.423. The summed E-state index contributed by atoms with van der Waals surface area (Å²) in [6.45, 7) is 15.0. The second kappa shape index (κ2) is 10.2. The molecule has 0 aliphatic rings. The number of nitrogens with zero attached hydrogens (tertiary/aromatic N) is 6. The number of hydrogen-bond donors (Lipinski definition) is 0. The first-order valence-corrected chi connectivity index (χ1v) is 12.9. The first kappa shape index (κ1) is 24.0. The zero-order chi connectivity index (χ0) is 21.8. The van der Waals surface area contributed by atoms with Crippen molar-refractivity contribution < 1.29 is 13.1 Å². The van der Waals surface area contributed by atoms with E-state index in [0.29, 0.717) is 17.8 Å². The Balaban J connectivity index is 0.000000941. The Kier molecular flexibility index (Phi) is 8.41. The van der Waals surface area contributed by atoms with Gasteiger partial charge in [-0.05, 0) is 36.0 Å². The predicted octanol–water partition coefficient (Wildman–Crippen LogP) is 5.75. The van der Waals surface area contributed by atoms with E-state index in [0.717, 1.165) is 17.1 Å². The van der Waals surface area contributed by atoms with Crippen LogP contribution in [0.4, 0.5) is 0 Å². The molecule has 0 bridgehead atoms. The van der Waals surface area contributed by atoms with Crippen LogP contribution in [0.15, 0.2) is 36.8 Å². The molecule has 3 heterocycles. The van der Waals surface area contributed by atoms with Gasteiger partial charge in [0, 0.05) is 25.5 Å². The normalized spacial score (nSPS) is 12.0. The molecular weight excluding hydrogens is 450 g/mol. The molecule has 3 aromatic rings. The molecule has 9 heteroatoms. The summed E-state index contributed by atoms with van der Waals surface area (Å²) in [5, 5.41) is 14.5. The predicted molar refractivity (Wildman–Crippen MR) is 115 cm³/mol. The van der Waals surface area contributed by atoms with Crippen molar-refractivity contribution in [3.05, 3.63) is 53.9 Å². The zero-order valence-electron chi connectivity index (χ0n) is 18.0. The van der Waals surface area contributed by atoms with E-state index in [1.165, 1.54) is 0 Å². The van der Waals surface area contributed by atoms with Crippen LogP contribution in [-0.4, -0.2) is 29.3 Å². The summed E-state index contributed by atoms with van der Waals surface area (Å²) in [5.74, 6) is 0.419. The number of halogens is 2. The number of rotatable bonds is 6. The van der Waals surface area contributed by atoms with E-state index >= 15 is 0 Å². The van der Waals surface area contributed by atoms with Gasteiger partial charge < -0.3 is 0 Å². The average Bonchev–Trinajstić information content (AvgIpc) is 3.42. The standard InChI is InChI=1S/C20H30N6.2ClH.Mn/c1-14(2)17-8-11-24(21-17)20(7,25-12-9-18(22-25)15(3)4)26-13-10-19(23-26)16(5)6;;;/h8-16H,1-7H3;2*1H;/q;;;+2/p-2. The van der Waals surface area contributed by atoms with Gasteiger partial charge in [-0.1, -0.05) is 41.5 Å². The Morgan fingerprint density at radius 2 is 0.931 bits per heavy atom. The van der Waals surface area contributed by atoms with Crippen LogP contribution in [0.2, 0.25) is 0 Å². The zero-order valence-corrected chi connectivity index (χ0v) is 20.7. The summed E-state index contributed by atoms with van der Waals surface area (Å²) < 4.78 is 5.86. The first-order chi connectivity index (χ1) is 13.6. The van der Waals surface area contributed by atoms with E-state index < -0.39 is 5.79 Å². The van der Waals surface area contributed by atoms with Crippen LogP contribution in [0, 0.1) is 0 Å². The monoisotopic (exact) mass is 479 g/mol. The molecule has 0 spiro atoms. The van der Waals surface area contributed by atoms with Gasteiger partial charge in [-0.25, -0.2) is 14.0 Å². The molecule has 0 saturated heterocycles. The third kappa shape index (κ3) is 5.26. The van der Waals surface area contributed by atoms with Crippen LogP contribution < -0.4 is 0 Å². The molecular formula is C20H30Cl2MnN6. The van der Waals surface area contributed by atoms with Gasteiger partial charge in [-0.3, -0.25) is 0 Å². The third-order valence-corrected chi connectivity index (χ3v) is 4.91. The van der Waals surface area contributed by atoms with Crippen molar-refractivity contribution in [1.29, 1.82) is 0 Å². The molecule has 3 rings (SSSR count). The Labute approximate surface area is 188 Å². The van der Waals surface area contributed by atoms with Crippen molar-refractivity contribution in [3.63, 3.8) is 0 Å². The minimum atomic E-state index is -0.687. The van der Waals surface area contributed by atoms with Crippen molar-refractivity contribution in [2.75, 3.05) is 0 Å². The van der Waals surface area contributed by atoms with E-state index in [9.17, 15) is 0 Å². The molecule has 161 valence electrons. The van der Waals surface area contributed by atoms with Crippen LogP contribution in [0.25, 0.3) is 0 Å². The van der Waals surface area contributed by atoms with Crippen LogP contribution in [-0.2, 0) is 18.9 Å². The Morgan fingerprint density at radius 1 is 0.690 bits per heavy atom. The number of hydrogen-bond acceptors (Lipinski definition) is 3. The molecule has 3 aromatic heterocycles. The van der Waals surface area contributed by atoms with Gasteiger partial charge in [0.2, 0.25) is 5.79 Å². The molecule has 0 aliphatic carbocycles. The summed E-state index contributed by atoms with van der Waals surface area (Å²) in [6, 6.07) is 6.22. The van der Waals surface area contributed by atoms with Crippen molar-refractivity contribution in [3.8, 4) is 0 Å². The summed E-state index contributed by atoms with van der Waals surface area (Å²) >= 11 is 0.00694. The molecule has 0 aromatic carbocycles. The molecule has 0 fully saturated rings. The summed E-state index contributed by atoms with van der Waals surface area (Å²) in [5.41, 5.74) is 3.18. The molecule has 29 heavy (non-hydrogen) atoms. The molecule has 0 atom stereocenters. The fourth-order valence-corrected chi connectivity index (χ4v) is 2.96. The number of aromatic nitrogens is 6. The average molecular weight is 480 g/mol. The summed E-state index contributed by atoms with van der Waals surface area (Å²) in [4.78, 5) is 0. The van der Waals surface area contributed by atoms with Crippen LogP contribution in [0.1, 0.15) is 83.3 Å². The molecule has 0 aliphatic heterocycles. The van der Waals surface area contributed by atoms with Gasteiger partial charge in [-0.15, -0.1) is 0 Å². The van der Waals surface area contributed by atoms with Gasteiger partial charge in [0.25, 0.3) is 0 Å². The molecule has 0 unspecified atom stereocenters. The topological polar surface area (TPSA) is 53.5 Å².